The van der Waals surface area contributed by atoms with Crippen LogP contribution in [0.25, 0.3) is 0 Å². The highest BCUT2D eigenvalue weighted by molar-refractivity contribution is 4.90. The smallest absolute Gasteiger partial charge is 0.0118 e. The average Bonchev–Trinajstić information content (AvgIpc) is 2.40. The van der Waals surface area contributed by atoms with Crippen LogP contribution < -0.4 is 5.32 Å². The van der Waals surface area contributed by atoms with E-state index in [4.69, 9.17) is 0 Å². The fourth-order valence-electron chi connectivity index (χ4n) is 2.27. The van der Waals surface area contributed by atoms with E-state index in [0.717, 1.165) is 17.9 Å². The van der Waals surface area contributed by atoms with Gasteiger partial charge in [-0.05, 0) is 36.6 Å². The van der Waals surface area contributed by atoms with Crippen molar-refractivity contribution in [1.82, 2.24) is 5.32 Å². The van der Waals surface area contributed by atoms with Gasteiger partial charge in [-0.2, -0.15) is 0 Å². The van der Waals surface area contributed by atoms with Crippen molar-refractivity contribution in [3.63, 3.8) is 0 Å². The lowest BCUT2D eigenvalue weighted by Gasteiger charge is -2.29. The summed E-state index contributed by atoms with van der Waals surface area (Å²) < 4.78 is 0. The summed E-state index contributed by atoms with van der Waals surface area (Å²) in [6.07, 6.45) is 4.17. The highest BCUT2D eigenvalue weighted by Crippen LogP contribution is 2.37. The molecule has 1 aliphatic rings. The van der Waals surface area contributed by atoms with Crippen LogP contribution in [0, 0.1) is 17.3 Å². The first-order chi connectivity index (χ1) is 6.43. The van der Waals surface area contributed by atoms with Crippen LogP contribution in [0.4, 0.5) is 0 Å². The molecule has 0 amide bonds. The third kappa shape index (κ3) is 2.98. The summed E-state index contributed by atoms with van der Waals surface area (Å²) in [6.45, 7) is 13.0. The molecule has 0 aromatic heterocycles. The molecule has 0 aromatic carbocycles. The number of hydrogen-bond acceptors (Lipinski definition) is 1. The molecule has 1 rings (SSSR count). The van der Waals surface area contributed by atoms with Crippen molar-refractivity contribution in [3.05, 3.63) is 0 Å². The van der Waals surface area contributed by atoms with Crippen molar-refractivity contribution < 1.29 is 0 Å². The van der Waals surface area contributed by atoms with Crippen molar-refractivity contribution in [2.45, 2.75) is 59.9 Å². The Bertz CT molecular complexity index is 172. The second-order valence-electron chi connectivity index (χ2n) is 6.06. The van der Waals surface area contributed by atoms with Crippen LogP contribution in [0.3, 0.4) is 0 Å². The van der Waals surface area contributed by atoms with Gasteiger partial charge in [0.05, 0.1) is 0 Å². The Hall–Kier alpha value is -0.0400. The van der Waals surface area contributed by atoms with Gasteiger partial charge in [-0.15, -0.1) is 0 Å². The van der Waals surface area contributed by atoms with Gasteiger partial charge in [-0.1, -0.05) is 41.0 Å². The Morgan fingerprint density at radius 3 is 2.36 bits per heavy atom. The topological polar surface area (TPSA) is 12.0 Å². The van der Waals surface area contributed by atoms with Crippen molar-refractivity contribution in [2.75, 3.05) is 6.54 Å². The van der Waals surface area contributed by atoms with Gasteiger partial charge >= 0.3 is 0 Å². The maximum atomic E-state index is 3.75. The molecule has 0 radical (unpaired) electrons. The Kier molecular flexibility index (Phi) is 4.00. The van der Waals surface area contributed by atoms with E-state index in [-0.39, 0.29) is 0 Å². The van der Waals surface area contributed by atoms with Crippen LogP contribution in [0.1, 0.15) is 53.9 Å². The summed E-state index contributed by atoms with van der Waals surface area (Å²) in [6, 6.07) is 0.753. The minimum atomic E-state index is 0.525. The van der Waals surface area contributed by atoms with Gasteiger partial charge in [-0.3, -0.25) is 0 Å². The molecule has 84 valence electrons. The van der Waals surface area contributed by atoms with Gasteiger partial charge in [0, 0.05) is 6.04 Å². The van der Waals surface area contributed by atoms with Crippen LogP contribution >= 0.6 is 0 Å². The van der Waals surface area contributed by atoms with E-state index in [2.05, 4.69) is 39.9 Å². The van der Waals surface area contributed by atoms with Crippen LogP contribution in [0.2, 0.25) is 0 Å². The number of rotatable bonds is 4. The van der Waals surface area contributed by atoms with Gasteiger partial charge in [0.25, 0.3) is 0 Å². The van der Waals surface area contributed by atoms with Gasteiger partial charge in [0.2, 0.25) is 0 Å². The fraction of sp³-hybridized carbons (Fsp3) is 1.00. The molecule has 1 N–H and O–H groups in total. The molecule has 2 unspecified atom stereocenters. The molecule has 1 nitrogen and oxygen atoms in total. The average molecular weight is 197 g/mol. The molecular formula is C13H27N. The van der Waals surface area contributed by atoms with Crippen LogP contribution in [-0.4, -0.2) is 12.6 Å². The molecule has 0 spiro atoms. The highest BCUT2D eigenvalue weighted by atomic mass is 14.9. The van der Waals surface area contributed by atoms with Crippen molar-refractivity contribution in [2.24, 2.45) is 17.3 Å². The highest BCUT2D eigenvalue weighted by Gasteiger charge is 2.33. The van der Waals surface area contributed by atoms with Gasteiger partial charge in [-0.25, -0.2) is 0 Å². The lowest BCUT2D eigenvalue weighted by Crippen LogP contribution is -2.40. The SMILES string of the molecule is CC(C)C(C)CNC1CCCC1(C)C. The zero-order valence-corrected chi connectivity index (χ0v) is 10.6. The van der Waals surface area contributed by atoms with Gasteiger partial charge < -0.3 is 5.32 Å². The maximum Gasteiger partial charge on any atom is 0.0118 e. The Labute approximate surface area is 89.7 Å². The summed E-state index contributed by atoms with van der Waals surface area (Å²) in [5.41, 5.74) is 0.525. The van der Waals surface area contributed by atoms with E-state index in [1.807, 2.05) is 0 Å². The van der Waals surface area contributed by atoms with Crippen LogP contribution in [0.15, 0.2) is 0 Å². The molecule has 2 atom stereocenters. The molecule has 0 saturated heterocycles. The van der Waals surface area contributed by atoms with E-state index in [1.54, 1.807) is 0 Å². The van der Waals surface area contributed by atoms with Gasteiger partial charge in [0.15, 0.2) is 0 Å². The molecule has 14 heavy (non-hydrogen) atoms. The minimum absolute atomic E-state index is 0.525. The third-order valence-electron chi connectivity index (χ3n) is 4.08. The number of hydrogen-bond donors (Lipinski definition) is 1. The standard InChI is InChI=1S/C13H27N/c1-10(2)11(3)9-14-12-7-6-8-13(12,4)5/h10-12,14H,6-9H2,1-5H3. The second kappa shape index (κ2) is 4.65. The molecular weight excluding hydrogens is 170 g/mol. The Morgan fingerprint density at radius 2 is 1.93 bits per heavy atom. The fourth-order valence-corrected chi connectivity index (χ4v) is 2.27. The number of nitrogens with one attached hydrogen (secondary N) is 1. The zero-order chi connectivity index (χ0) is 10.8. The van der Waals surface area contributed by atoms with E-state index in [9.17, 15) is 0 Å². The second-order valence-corrected chi connectivity index (χ2v) is 6.06. The molecule has 0 aliphatic heterocycles. The normalized spacial score (nSPS) is 28.3. The van der Waals surface area contributed by atoms with E-state index in [1.165, 1.54) is 25.8 Å². The molecule has 1 saturated carbocycles. The van der Waals surface area contributed by atoms with Crippen molar-refractivity contribution in [1.29, 1.82) is 0 Å². The lowest BCUT2D eigenvalue weighted by molar-refractivity contribution is 0.261. The summed E-state index contributed by atoms with van der Waals surface area (Å²) >= 11 is 0. The molecule has 1 aliphatic carbocycles. The zero-order valence-electron chi connectivity index (χ0n) is 10.6. The summed E-state index contributed by atoms with van der Waals surface area (Å²) in [7, 11) is 0. The van der Waals surface area contributed by atoms with Crippen LogP contribution in [-0.2, 0) is 0 Å². The van der Waals surface area contributed by atoms with Gasteiger partial charge in [0.1, 0.15) is 0 Å². The van der Waals surface area contributed by atoms with E-state index < -0.39 is 0 Å². The first kappa shape index (κ1) is 12.0. The Balaban J connectivity index is 2.31. The van der Waals surface area contributed by atoms with E-state index >= 15 is 0 Å². The quantitative estimate of drug-likeness (QED) is 0.728. The molecule has 0 aromatic rings. The summed E-state index contributed by atoms with van der Waals surface area (Å²) in [5.74, 6) is 1.60. The predicted molar refractivity (Wildman–Crippen MR) is 63.4 cm³/mol. The van der Waals surface area contributed by atoms with E-state index in [0.29, 0.717) is 5.41 Å². The Morgan fingerprint density at radius 1 is 1.29 bits per heavy atom. The van der Waals surface area contributed by atoms with Crippen LogP contribution in [0.5, 0.6) is 0 Å². The molecule has 1 fully saturated rings. The lowest BCUT2D eigenvalue weighted by atomic mass is 9.87. The van der Waals surface area contributed by atoms with Crippen molar-refractivity contribution in [3.8, 4) is 0 Å². The minimum Gasteiger partial charge on any atom is -0.313 e. The molecule has 1 heteroatoms. The predicted octanol–water partition coefficient (Wildman–Crippen LogP) is 3.45. The summed E-state index contributed by atoms with van der Waals surface area (Å²) in [5, 5.41) is 3.75. The first-order valence-corrected chi connectivity index (χ1v) is 6.17. The first-order valence-electron chi connectivity index (χ1n) is 6.17. The molecule has 0 heterocycles. The van der Waals surface area contributed by atoms with Crippen molar-refractivity contribution >= 4 is 0 Å². The monoisotopic (exact) mass is 197 g/mol. The molecule has 0 bridgehead atoms. The summed E-state index contributed by atoms with van der Waals surface area (Å²) in [4.78, 5) is 0. The maximum absolute atomic E-state index is 3.75. The third-order valence-corrected chi connectivity index (χ3v) is 4.08. The largest absolute Gasteiger partial charge is 0.313 e.